The van der Waals surface area contributed by atoms with E-state index in [9.17, 15) is 4.79 Å². The molecular formula is C10H19NO. The lowest BCUT2D eigenvalue weighted by Crippen LogP contribution is -2.24. The molecule has 0 bridgehead atoms. The molecule has 0 aromatic carbocycles. The summed E-state index contributed by atoms with van der Waals surface area (Å²) in [6.07, 6.45) is 4.18. The summed E-state index contributed by atoms with van der Waals surface area (Å²) < 4.78 is 0. The maximum absolute atomic E-state index is 11.1. The number of hydrogen-bond acceptors (Lipinski definition) is 1. The van der Waals surface area contributed by atoms with Crippen LogP contribution in [0.15, 0.2) is 0 Å². The van der Waals surface area contributed by atoms with Crippen molar-refractivity contribution < 1.29 is 4.79 Å². The van der Waals surface area contributed by atoms with Gasteiger partial charge in [0.1, 0.15) is 0 Å². The minimum atomic E-state index is 0.232. The third kappa shape index (κ3) is 3.24. The van der Waals surface area contributed by atoms with Gasteiger partial charge in [-0.25, -0.2) is 0 Å². The molecule has 2 nitrogen and oxygen atoms in total. The van der Waals surface area contributed by atoms with Crippen molar-refractivity contribution in [3.63, 3.8) is 0 Å². The Hall–Kier alpha value is -0.530. The summed E-state index contributed by atoms with van der Waals surface area (Å²) >= 11 is 0. The molecule has 1 fully saturated rings. The fraction of sp³-hybridized carbons (Fsp3) is 0.900. The predicted molar refractivity (Wildman–Crippen MR) is 49.8 cm³/mol. The molecule has 1 aliphatic heterocycles. The van der Waals surface area contributed by atoms with Gasteiger partial charge in [-0.05, 0) is 31.1 Å². The summed E-state index contributed by atoms with van der Waals surface area (Å²) in [4.78, 5) is 11.1. The average molecular weight is 169 g/mol. The Balaban J connectivity index is 2.41. The van der Waals surface area contributed by atoms with Crippen molar-refractivity contribution in [1.29, 1.82) is 0 Å². The Morgan fingerprint density at radius 3 is 2.67 bits per heavy atom. The van der Waals surface area contributed by atoms with Gasteiger partial charge in [-0.15, -0.1) is 0 Å². The Bertz CT molecular complexity index is 156. The normalized spacial score (nSPS) is 33.0. The zero-order valence-corrected chi connectivity index (χ0v) is 8.10. The summed E-state index contributed by atoms with van der Waals surface area (Å²) in [6.45, 7) is 5.38. The number of carbonyl (C=O) groups is 1. The van der Waals surface area contributed by atoms with Crippen molar-refractivity contribution in [1.82, 2.24) is 5.32 Å². The van der Waals surface area contributed by atoms with E-state index in [4.69, 9.17) is 0 Å². The second-order valence-electron chi connectivity index (χ2n) is 4.12. The second-order valence-corrected chi connectivity index (χ2v) is 4.12. The van der Waals surface area contributed by atoms with E-state index in [2.05, 4.69) is 19.2 Å². The summed E-state index contributed by atoms with van der Waals surface area (Å²) in [5.74, 6) is 1.71. The third-order valence-corrected chi connectivity index (χ3v) is 2.63. The third-order valence-electron chi connectivity index (χ3n) is 2.63. The van der Waals surface area contributed by atoms with Gasteiger partial charge in [-0.1, -0.05) is 13.8 Å². The number of nitrogens with one attached hydrogen (secondary N) is 1. The van der Waals surface area contributed by atoms with Gasteiger partial charge in [0.05, 0.1) is 0 Å². The van der Waals surface area contributed by atoms with Crippen molar-refractivity contribution in [2.45, 2.75) is 39.5 Å². The summed E-state index contributed by atoms with van der Waals surface area (Å²) in [6, 6.07) is 0. The maximum atomic E-state index is 11.1. The van der Waals surface area contributed by atoms with Crippen LogP contribution in [0.1, 0.15) is 39.5 Å². The largest absolute Gasteiger partial charge is 0.356 e. The topological polar surface area (TPSA) is 29.1 Å². The first-order valence-corrected chi connectivity index (χ1v) is 4.95. The van der Waals surface area contributed by atoms with Crippen LogP contribution in [0, 0.1) is 11.8 Å². The zero-order valence-electron chi connectivity index (χ0n) is 8.10. The van der Waals surface area contributed by atoms with E-state index in [-0.39, 0.29) is 5.91 Å². The van der Waals surface area contributed by atoms with Crippen LogP contribution < -0.4 is 5.32 Å². The Morgan fingerprint density at radius 1 is 1.25 bits per heavy atom. The molecule has 12 heavy (non-hydrogen) atoms. The number of carbonyl (C=O) groups excluding carboxylic acids is 1. The molecule has 1 aliphatic rings. The number of amides is 1. The van der Waals surface area contributed by atoms with Crippen molar-refractivity contribution in [2.24, 2.45) is 11.8 Å². The van der Waals surface area contributed by atoms with Crippen molar-refractivity contribution in [3.8, 4) is 0 Å². The molecule has 0 saturated carbocycles. The van der Waals surface area contributed by atoms with Gasteiger partial charge in [0.15, 0.2) is 0 Å². The minimum Gasteiger partial charge on any atom is -0.356 e. The number of hydrogen-bond donors (Lipinski definition) is 1. The lowest BCUT2D eigenvalue weighted by atomic mass is 9.92. The van der Waals surface area contributed by atoms with Gasteiger partial charge in [0.2, 0.25) is 5.91 Å². The SMILES string of the molecule is CC1CCNC(=O)CCC(C)C1. The van der Waals surface area contributed by atoms with Crippen LogP contribution in [0.2, 0.25) is 0 Å². The highest BCUT2D eigenvalue weighted by molar-refractivity contribution is 5.75. The first-order chi connectivity index (χ1) is 5.68. The average Bonchev–Trinajstić information content (AvgIpc) is 2.05. The van der Waals surface area contributed by atoms with Crippen molar-refractivity contribution in [3.05, 3.63) is 0 Å². The fourth-order valence-corrected chi connectivity index (χ4v) is 1.85. The fourth-order valence-electron chi connectivity index (χ4n) is 1.85. The van der Waals surface area contributed by atoms with Gasteiger partial charge >= 0.3 is 0 Å². The lowest BCUT2D eigenvalue weighted by molar-refractivity contribution is -0.121. The molecule has 0 aromatic rings. The number of rotatable bonds is 0. The second kappa shape index (κ2) is 4.48. The zero-order chi connectivity index (χ0) is 8.97. The van der Waals surface area contributed by atoms with Gasteiger partial charge in [0, 0.05) is 13.0 Å². The molecule has 2 atom stereocenters. The monoisotopic (exact) mass is 169 g/mol. The Kier molecular flexibility index (Phi) is 3.57. The van der Waals surface area contributed by atoms with Crippen LogP contribution in [-0.4, -0.2) is 12.5 Å². The highest BCUT2D eigenvalue weighted by atomic mass is 16.1. The molecule has 2 heteroatoms. The van der Waals surface area contributed by atoms with E-state index in [0.717, 1.165) is 25.3 Å². The molecule has 0 spiro atoms. The first-order valence-electron chi connectivity index (χ1n) is 4.95. The van der Waals surface area contributed by atoms with Crippen LogP contribution >= 0.6 is 0 Å². The highest BCUT2D eigenvalue weighted by Gasteiger charge is 2.13. The summed E-state index contributed by atoms with van der Waals surface area (Å²) in [5.41, 5.74) is 0. The smallest absolute Gasteiger partial charge is 0.220 e. The van der Waals surface area contributed by atoms with Gasteiger partial charge < -0.3 is 5.32 Å². The van der Waals surface area contributed by atoms with Crippen LogP contribution in [0.3, 0.4) is 0 Å². The molecule has 1 heterocycles. The van der Waals surface area contributed by atoms with E-state index in [1.54, 1.807) is 0 Å². The van der Waals surface area contributed by atoms with Crippen LogP contribution in [-0.2, 0) is 4.79 Å². The van der Waals surface area contributed by atoms with Crippen LogP contribution in [0.25, 0.3) is 0 Å². The molecule has 1 rings (SSSR count). The Labute approximate surface area is 74.7 Å². The predicted octanol–water partition coefficient (Wildman–Crippen LogP) is 1.95. The highest BCUT2D eigenvalue weighted by Crippen LogP contribution is 2.19. The van der Waals surface area contributed by atoms with Crippen molar-refractivity contribution >= 4 is 5.91 Å². The van der Waals surface area contributed by atoms with Gasteiger partial charge in [-0.3, -0.25) is 4.79 Å². The minimum absolute atomic E-state index is 0.232. The molecule has 70 valence electrons. The van der Waals surface area contributed by atoms with E-state index in [0.29, 0.717) is 12.3 Å². The summed E-state index contributed by atoms with van der Waals surface area (Å²) in [7, 11) is 0. The molecule has 1 saturated heterocycles. The molecule has 0 radical (unpaired) electrons. The van der Waals surface area contributed by atoms with Gasteiger partial charge in [-0.2, -0.15) is 0 Å². The molecule has 2 unspecified atom stereocenters. The molecule has 0 aromatic heterocycles. The summed E-state index contributed by atoms with van der Waals surface area (Å²) in [5, 5.41) is 2.94. The molecule has 1 amide bonds. The quantitative estimate of drug-likeness (QED) is 0.590. The molecule has 1 N–H and O–H groups in total. The maximum Gasteiger partial charge on any atom is 0.220 e. The molecule has 0 aliphatic carbocycles. The van der Waals surface area contributed by atoms with E-state index in [1.807, 2.05) is 0 Å². The first kappa shape index (κ1) is 9.56. The lowest BCUT2D eigenvalue weighted by Gasteiger charge is -2.13. The van der Waals surface area contributed by atoms with Crippen LogP contribution in [0.4, 0.5) is 0 Å². The van der Waals surface area contributed by atoms with E-state index < -0.39 is 0 Å². The Morgan fingerprint density at radius 2 is 1.92 bits per heavy atom. The van der Waals surface area contributed by atoms with E-state index in [1.165, 1.54) is 6.42 Å². The van der Waals surface area contributed by atoms with Crippen LogP contribution in [0.5, 0.6) is 0 Å². The standard InChI is InChI=1S/C10H19NO/c1-8-3-4-10(12)11-6-5-9(2)7-8/h8-9H,3-7H2,1-2H3,(H,11,12). The van der Waals surface area contributed by atoms with E-state index >= 15 is 0 Å². The molecular weight excluding hydrogens is 150 g/mol. The van der Waals surface area contributed by atoms with Gasteiger partial charge in [0.25, 0.3) is 0 Å². The van der Waals surface area contributed by atoms with Crippen molar-refractivity contribution in [2.75, 3.05) is 6.54 Å².